The second-order valence-electron chi connectivity index (χ2n) is 5.13. The minimum Gasteiger partial charge on any atom is -0.350 e. The van der Waals surface area contributed by atoms with Gasteiger partial charge in [0.2, 0.25) is 5.91 Å². The predicted octanol–water partition coefficient (Wildman–Crippen LogP) is 2.20. The fourth-order valence-corrected chi connectivity index (χ4v) is 2.50. The fraction of sp³-hybridized carbons (Fsp3) is 0.923. The van der Waals surface area contributed by atoms with Gasteiger partial charge in [-0.1, -0.05) is 20.8 Å². The highest BCUT2D eigenvalue weighted by Gasteiger charge is 2.41. The first-order valence-electron chi connectivity index (χ1n) is 6.61. The van der Waals surface area contributed by atoms with Gasteiger partial charge in [-0.15, -0.1) is 0 Å². The van der Waals surface area contributed by atoms with Crippen molar-refractivity contribution in [2.24, 2.45) is 11.1 Å². The number of rotatable bonds is 6. The van der Waals surface area contributed by atoms with Crippen LogP contribution >= 0.6 is 0 Å². The molecule has 0 spiro atoms. The number of carbonyl (C=O) groups excluding carboxylic acids is 1. The largest absolute Gasteiger partial charge is 0.350 e. The van der Waals surface area contributed by atoms with Crippen molar-refractivity contribution in [1.29, 1.82) is 0 Å². The van der Waals surface area contributed by atoms with Gasteiger partial charge in [0.25, 0.3) is 0 Å². The Morgan fingerprint density at radius 1 is 1.31 bits per heavy atom. The summed E-state index contributed by atoms with van der Waals surface area (Å²) >= 11 is 0. The normalized spacial score (nSPS) is 19.0. The van der Waals surface area contributed by atoms with Crippen LogP contribution in [0, 0.1) is 5.41 Å². The molecule has 1 rings (SSSR count). The molecule has 0 saturated heterocycles. The van der Waals surface area contributed by atoms with Gasteiger partial charge in [-0.2, -0.15) is 0 Å². The summed E-state index contributed by atoms with van der Waals surface area (Å²) in [5.41, 5.74) is 5.52. The Labute approximate surface area is 99.2 Å². The van der Waals surface area contributed by atoms with Crippen LogP contribution < -0.4 is 11.1 Å². The molecule has 0 heterocycles. The first kappa shape index (κ1) is 13.5. The van der Waals surface area contributed by atoms with E-state index in [9.17, 15) is 4.79 Å². The molecular weight excluding hydrogens is 200 g/mol. The summed E-state index contributed by atoms with van der Waals surface area (Å²) in [6.07, 6.45) is 6.18. The van der Waals surface area contributed by atoms with Crippen LogP contribution in [0.5, 0.6) is 0 Å². The SMILES string of the molecule is CCC1(NC(=O)C(CC)(CC)CN)CCC1. The highest BCUT2D eigenvalue weighted by Crippen LogP contribution is 2.36. The summed E-state index contributed by atoms with van der Waals surface area (Å²) in [4.78, 5) is 12.3. The number of carbonyl (C=O) groups is 1. The van der Waals surface area contributed by atoms with Crippen LogP contribution in [0.25, 0.3) is 0 Å². The second kappa shape index (κ2) is 5.17. The van der Waals surface area contributed by atoms with Crippen molar-refractivity contribution in [3.63, 3.8) is 0 Å². The maximum atomic E-state index is 12.3. The van der Waals surface area contributed by atoms with E-state index in [1.807, 2.05) is 0 Å². The zero-order valence-electron chi connectivity index (χ0n) is 10.9. The molecule has 1 amide bonds. The monoisotopic (exact) mass is 226 g/mol. The molecule has 0 atom stereocenters. The third kappa shape index (κ3) is 2.24. The molecule has 0 aromatic heterocycles. The molecule has 3 N–H and O–H groups in total. The van der Waals surface area contributed by atoms with Crippen molar-refractivity contribution < 1.29 is 4.79 Å². The smallest absolute Gasteiger partial charge is 0.227 e. The van der Waals surface area contributed by atoms with Crippen LogP contribution in [0.2, 0.25) is 0 Å². The summed E-state index contributed by atoms with van der Waals surface area (Å²) in [5, 5.41) is 3.25. The molecule has 0 aliphatic heterocycles. The molecular formula is C13H26N2O. The van der Waals surface area contributed by atoms with Gasteiger partial charge in [-0.25, -0.2) is 0 Å². The van der Waals surface area contributed by atoms with Gasteiger partial charge < -0.3 is 11.1 Å². The summed E-state index contributed by atoms with van der Waals surface area (Å²) in [6.45, 7) is 6.71. The van der Waals surface area contributed by atoms with E-state index in [0.717, 1.165) is 32.1 Å². The number of hydrogen-bond acceptors (Lipinski definition) is 2. The minimum atomic E-state index is -0.349. The first-order chi connectivity index (χ1) is 7.58. The Bertz CT molecular complexity index is 229. The lowest BCUT2D eigenvalue weighted by Crippen LogP contribution is -2.58. The van der Waals surface area contributed by atoms with Gasteiger partial charge >= 0.3 is 0 Å². The van der Waals surface area contributed by atoms with Crippen molar-refractivity contribution in [3.05, 3.63) is 0 Å². The maximum Gasteiger partial charge on any atom is 0.227 e. The molecule has 0 aromatic carbocycles. The van der Waals surface area contributed by atoms with Gasteiger partial charge in [0.1, 0.15) is 0 Å². The lowest BCUT2D eigenvalue weighted by molar-refractivity contribution is -0.134. The predicted molar refractivity (Wildman–Crippen MR) is 67.1 cm³/mol. The summed E-state index contributed by atoms with van der Waals surface area (Å²) in [7, 11) is 0. The zero-order chi connectivity index (χ0) is 12.2. The van der Waals surface area contributed by atoms with Crippen LogP contribution in [0.15, 0.2) is 0 Å². The highest BCUT2D eigenvalue weighted by atomic mass is 16.2. The topological polar surface area (TPSA) is 55.1 Å². The van der Waals surface area contributed by atoms with E-state index in [2.05, 4.69) is 26.1 Å². The number of nitrogens with one attached hydrogen (secondary N) is 1. The fourth-order valence-electron chi connectivity index (χ4n) is 2.50. The van der Waals surface area contributed by atoms with Crippen LogP contribution in [0.3, 0.4) is 0 Å². The van der Waals surface area contributed by atoms with E-state index < -0.39 is 0 Å². The molecule has 0 aromatic rings. The average Bonchev–Trinajstić information content (AvgIpc) is 2.26. The Kier molecular flexibility index (Phi) is 4.36. The van der Waals surface area contributed by atoms with Gasteiger partial charge in [-0.3, -0.25) is 4.79 Å². The van der Waals surface area contributed by atoms with E-state index in [-0.39, 0.29) is 16.9 Å². The van der Waals surface area contributed by atoms with Crippen LogP contribution in [0.1, 0.15) is 59.3 Å². The number of nitrogens with two attached hydrogens (primary N) is 1. The number of amides is 1. The van der Waals surface area contributed by atoms with E-state index in [1.54, 1.807) is 0 Å². The third-order valence-corrected chi connectivity index (χ3v) is 4.59. The van der Waals surface area contributed by atoms with Crippen molar-refractivity contribution in [2.75, 3.05) is 6.54 Å². The van der Waals surface area contributed by atoms with E-state index in [4.69, 9.17) is 5.73 Å². The molecule has 3 nitrogen and oxygen atoms in total. The minimum absolute atomic E-state index is 0.0852. The zero-order valence-corrected chi connectivity index (χ0v) is 10.9. The van der Waals surface area contributed by atoms with Crippen LogP contribution in [0.4, 0.5) is 0 Å². The molecule has 0 unspecified atom stereocenters. The lowest BCUT2D eigenvalue weighted by atomic mass is 9.73. The lowest BCUT2D eigenvalue weighted by Gasteiger charge is -2.44. The molecule has 1 saturated carbocycles. The first-order valence-corrected chi connectivity index (χ1v) is 6.61. The Morgan fingerprint density at radius 2 is 1.88 bits per heavy atom. The summed E-state index contributed by atoms with van der Waals surface area (Å²) in [5.74, 6) is 0.168. The van der Waals surface area contributed by atoms with Gasteiger partial charge in [-0.05, 0) is 38.5 Å². The molecule has 0 radical (unpaired) electrons. The van der Waals surface area contributed by atoms with Crippen LogP contribution in [-0.2, 0) is 4.79 Å². The molecule has 94 valence electrons. The standard InChI is InChI=1S/C13H26N2O/c1-4-12(5-2,10-14)11(16)15-13(6-3)8-7-9-13/h4-10,14H2,1-3H3,(H,15,16). The Balaban J connectivity index is 2.69. The molecule has 3 heteroatoms. The molecule has 1 aliphatic rings. The van der Waals surface area contributed by atoms with Crippen molar-refractivity contribution in [3.8, 4) is 0 Å². The third-order valence-electron chi connectivity index (χ3n) is 4.59. The van der Waals surface area contributed by atoms with Gasteiger partial charge in [0.15, 0.2) is 0 Å². The maximum absolute atomic E-state index is 12.3. The van der Waals surface area contributed by atoms with Crippen molar-refractivity contribution in [1.82, 2.24) is 5.32 Å². The van der Waals surface area contributed by atoms with Crippen LogP contribution in [-0.4, -0.2) is 18.0 Å². The van der Waals surface area contributed by atoms with E-state index in [1.165, 1.54) is 6.42 Å². The van der Waals surface area contributed by atoms with E-state index in [0.29, 0.717) is 6.54 Å². The number of hydrogen-bond donors (Lipinski definition) is 2. The highest BCUT2D eigenvalue weighted by molar-refractivity contribution is 5.83. The second-order valence-corrected chi connectivity index (χ2v) is 5.13. The molecule has 16 heavy (non-hydrogen) atoms. The van der Waals surface area contributed by atoms with Gasteiger partial charge in [0.05, 0.1) is 5.41 Å². The average molecular weight is 226 g/mol. The van der Waals surface area contributed by atoms with E-state index >= 15 is 0 Å². The summed E-state index contributed by atoms with van der Waals surface area (Å²) < 4.78 is 0. The molecule has 1 aliphatic carbocycles. The quantitative estimate of drug-likeness (QED) is 0.729. The summed E-state index contributed by atoms with van der Waals surface area (Å²) in [6, 6.07) is 0. The Morgan fingerprint density at radius 3 is 2.12 bits per heavy atom. The molecule has 1 fully saturated rings. The van der Waals surface area contributed by atoms with Crippen molar-refractivity contribution >= 4 is 5.91 Å². The van der Waals surface area contributed by atoms with Gasteiger partial charge in [0, 0.05) is 12.1 Å². The van der Waals surface area contributed by atoms with Crippen molar-refractivity contribution in [2.45, 2.75) is 64.8 Å². The molecule has 0 bridgehead atoms. The Hall–Kier alpha value is -0.570.